The molecule has 0 aliphatic carbocycles. The first kappa shape index (κ1) is 15.1. The van der Waals surface area contributed by atoms with Gasteiger partial charge in [-0.2, -0.15) is 0 Å². The number of hydrogen-bond acceptors (Lipinski definition) is 6. The molecule has 1 heterocycles. The van der Waals surface area contributed by atoms with E-state index in [2.05, 4.69) is 29.1 Å². The fraction of sp³-hybridized carbons (Fsp3) is 0.667. The molecule has 0 saturated heterocycles. The average Bonchev–Trinajstić information content (AvgIpc) is 2.43. The summed E-state index contributed by atoms with van der Waals surface area (Å²) in [6, 6.07) is 0. The normalized spacial score (nSPS) is 12.0. The molecule has 1 unspecified atom stereocenters. The minimum atomic E-state index is -0.430. The number of nitrogens with one attached hydrogen (secondary N) is 1. The Hall–Kier alpha value is -1.92. The van der Waals surface area contributed by atoms with E-state index >= 15 is 0 Å². The van der Waals surface area contributed by atoms with Gasteiger partial charge in [-0.15, -0.1) is 0 Å². The molecule has 0 amide bonds. The first-order chi connectivity index (χ1) is 9.04. The summed E-state index contributed by atoms with van der Waals surface area (Å²) in [4.78, 5) is 20.7. The zero-order valence-electron chi connectivity index (χ0n) is 11.9. The lowest BCUT2D eigenvalue weighted by Crippen LogP contribution is -2.29. The van der Waals surface area contributed by atoms with E-state index in [1.165, 1.54) is 6.33 Å². The standard InChI is InChI=1S/C12H21N5O2/c1-5-9(3)7-16(6-2)12-10(17(18)19)11(13-4)14-8-15-12/h8-9H,5-7H2,1-4H3,(H,13,14,15). The van der Waals surface area contributed by atoms with Crippen LogP contribution in [0.3, 0.4) is 0 Å². The lowest BCUT2D eigenvalue weighted by molar-refractivity contribution is -0.383. The molecular weight excluding hydrogens is 246 g/mol. The van der Waals surface area contributed by atoms with Crippen LogP contribution in [0.5, 0.6) is 0 Å². The quantitative estimate of drug-likeness (QED) is 0.602. The smallest absolute Gasteiger partial charge is 0.353 e. The third kappa shape index (κ3) is 3.52. The molecule has 1 N–H and O–H groups in total. The SMILES string of the molecule is CCC(C)CN(CC)c1ncnc(NC)c1[N+](=O)[O-]. The Kier molecular flexibility index (Phi) is 5.47. The minimum absolute atomic E-state index is 0.0600. The van der Waals surface area contributed by atoms with E-state index in [1.807, 2.05) is 11.8 Å². The molecule has 0 aliphatic rings. The monoisotopic (exact) mass is 267 g/mol. The van der Waals surface area contributed by atoms with Crippen molar-refractivity contribution in [1.82, 2.24) is 9.97 Å². The molecule has 1 rings (SSSR count). The third-order valence-corrected chi connectivity index (χ3v) is 3.13. The summed E-state index contributed by atoms with van der Waals surface area (Å²) < 4.78 is 0. The molecule has 0 saturated carbocycles. The Bertz CT molecular complexity index is 438. The number of aromatic nitrogens is 2. The van der Waals surface area contributed by atoms with Gasteiger partial charge in [-0.05, 0) is 12.8 Å². The number of nitrogens with zero attached hydrogens (tertiary/aromatic N) is 4. The Morgan fingerprint density at radius 2 is 2.16 bits per heavy atom. The second-order valence-corrected chi connectivity index (χ2v) is 4.45. The van der Waals surface area contributed by atoms with E-state index in [1.54, 1.807) is 7.05 Å². The molecule has 1 atom stereocenters. The highest BCUT2D eigenvalue weighted by Crippen LogP contribution is 2.31. The average molecular weight is 267 g/mol. The van der Waals surface area contributed by atoms with Crippen LogP contribution in [0.25, 0.3) is 0 Å². The molecule has 7 heteroatoms. The predicted molar refractivity (Wildman–Crippen MR) is 75.6 cm³/mol. The third-order valence-electron chi connectivity index (χ3n) is 3.13. The first-order valence-corrected chi connectivity index (χ1v) is 6.47. The first-order valence-electron chi connectivity index (χ1n) is 6.47. The maximum atomic E-state index is 11.2. The van der Waals surface area contributed by atoms with E-state index < -0.39 is 4.92 Å². The molecule has 0 bridgehead atoms. The molecule has 106 valence electrons. The molecule has 0 aromatic carbocycles. The van der Waals surface area contributed by atoms with Crippen LogP contribution in [-0.2, 0) is 0 Å². The van der Waals surface area contributed by atoms with Gasteiger partial charge in [-0.25, -0.2) is 9.97 Å². The van der Waals surface area contributed by atoms with Crippen LogP contribution in [0.4, 0.5) is 17.3 Å². The summed E-state index contributed by atoms with van der Waals surface area (Å²) >= 11 is 0. The summed E-state index contributed by atoms with van der Waals surface area (Å²) in [5.41, 5.74) is -0.0600. The van der Waals surface area contributed by atoms with Gasteiger partial charge in [0, 0.05) is 20.1 Å². The molecule has 0 aliphatic heterocycles. The number of hydrogen-bond donors (Lipinski definition) is 1. The van der Waals surface area contributed by atoms with Crippen molar-refractivity contribution in [1.29, 1.82) is 0 Å². The highest BCUT2D eigenvalue weighted by atomic mass is 16.6. The van der Waals surface area contributed by atoms with Gasteiger partial charge in [-0.3, -0.25) is 10.1 Å². The van der Waals surface area contributed by atoms with Crippen molar-refractivity contribution in [2.45, 2.75) is 27.2 Å². The molecule has 0 fully saturated rings. The molecule has 7 nitrogen and oxygen atoms in total. The van der Waals surface area contributed by atoms with Crippen molar-refractivity contribution in [3.05, 3.63) is 16.4 Å². The number of anilines is 2. The van der Waals surface area contributed by atoms with E-state index in [0.717, 1.165) is 13.0 Å². The van der Waals surface area contributed by atoms with Crippen molar-refractivity contribution >= 4 is 17.3 Å². The van der Waals surface area contributed by atoms with E-state index in [4.69, 9.17) is 0 Å². The molecule has 0 radical (unpaired) electrons. The van der Waals surface area contributed by atoms with Gasteiger partial charge in [0.15, 0.2) is 0 Å². The number of nitro groups is 1. The van der Waals surface area contributed by atoms with Gasteiger partial charge in [0.1, 0.15) is 6.33 Å². The van der Waals surface area contributed by atoms with Gasteiger partial charge in [0.2, 0.25) is 11.6 Å². The van der Waals surface area contributed by atoms with Crippen LogP contribution in [-0.4, -0.2) is 35.0 Å². The highest BCUT2D eigenvalue weighted by molar-refractivity contribution is 5.70. The van der Waals surface area contributed by atoms with Gasteiger partial charge in [0.25, 0.3) is 0 Å². The topological polar surface area (TPSA) is 84.2 Å². The maximum absolute atomic E-state index is 11.2. The van der Waals surface area contributed by atoms with E-state index in [-0.39, 0.29) is 11.5 Å². The zero-order valence-corrected chi connectivity index (χ0v) is 11.9. The zero-order chi connectivity index (χ0) is 14.4. The summed E-state index contributed by atoms with van der Waals surface area (Å²) in [6.45, 7) is 7.60. The Labute approximate surface area is 113 Å². The fourth-order valence-electron chi connectivity index (χ4n) is 1.82. The summed E-state index contributed by atoms with van der Waals surface area (Å²) in [5, 5.41) is 14.0. The van der Waals surface area contributed by atoms with Crippen molar-refractivity contribution in [2.24, 2.45) is 5.92 Å². The fourth-order valence-corrected chi connectivity index (χ4v) is 1.82. The van der Waals surface area contributed by atoms with Gasteiger partial charge < -0.3 is 10.2 Å². The minimum Gasteiger partial charge on any atom is -0.367 e. The molecule has 0 spiro atoms. The summed E-state index contributed by atoms with van der Waals surface area (Å²) in [7, 11) is 1.62. The summed E-state index contributed by atoms with van der Waals surface area (Å²) in [6.07, 6.45) is 2.38. The van der Waals surface area contributed by atoms with Crippen molar-refractivity contribution in [3.8, 4) is 0 Å². The second kappa shape index (κ2) is 6.86. The van der Waals surface area contributed by atoms with Gasteiger partial charge >= 0.3 is 5.69 Å². The van der Waals surface area contributed by atoms with Crippen LogP contribution in [0.1, 0.15) is 27.2 Å². The van der Waals surface area contributed by atoms with Crippen LogP contribution >= 0.6 is 0 Å². The maximum Gasteiger partial charge on any atom is 0.353 e. The van der Waals surface area contributed by atoms with E-state index in [9.17, 15) is 10.1 Å². The largest absolute Gasteiger partial charge is 0.367 e. The van der Waals surface area contributed by atoms with Gasteiger partial charge in [0.05, 0.1) is 4.92 Å². The lowest BCUT2D eigenvalue weighted by Gasteiger charge is -2.24. The predicted octanol–water partition coefficient (Wildman–Crippen LogP) is 2.30. The van der Waals surface area contributed by atoms with Crippen molar-refractivity contribution < 1.29 is 4.92 Å². The van der Waals surface area contributed by atoms with Crippen LogP contribution in [0.2, 0.25) is 0 Å². The Balaban J connectivity index is 3.19. The Morgan fingerprint density at radius 1 is 1.47 bits per heavy atom. The van der Waals surface area contributed by atoms with Gasteiger partial charge in [-0.1, -0.05) is 20.3 Å². The van der Waals surface area contributed by atoms with E-state index in [0.29, 0.717) is 18.3 Å². The molecular formula is C12H21N5O2. The molecule has 1 aromatic rings. The second-order valence-electron chi connectivity index (χ2n) is 4.45. The van der Waals surface area contributed by atoms with Crippen LogP contribution in [0, 0.1) is 16.0 Å². The summed E-state index contributed by atoms with van der Waals surface area (Å²) in [5.74, 6) is 1.08. The highest BCUT2D eigenvalue weighted by Gasteiger charge is 2.26. The van der Waals surface area contributed by atoms with Crippen LogP contribution < -0.4 is 10.2 Å². The van der Waals surface area contributed by atoms with Crippen molar-refractivity contribution in [3.63, 3.8) is 0 Å². The van der Waals surface area contributed by atoms with Crippen LogP contribution in [0.15, 0.2) is 6.33 Å². The molecule has 19 heavy (non-hydrogen) atoms. The molecule has 1 aromatic heterocycles. The van der Waals surface area contributed by atoms with Crippen molar-refractivity contribution in [2.75, 3.05) is 30.4 Å². The lowest BCUT2D eigenvalue weighted by atomic mass is 10.1. The number of rotatable bonds is 7. The Morgan fingerprint density at radius 3 is 2.63 bits per heavy atom.